The molecule has 1 amide bonds. The highest BCUT2D eigenvalue weighted by molar-refractivity contribution is 9.10. The molecular weight excluding hydrogens is 326 g/mol. The second-order valence-electron chi connectivity index (χ2n) is 4.28. The number of amides is 1. The van der Waals surface area contributed by atoms with Gasteiger partial charge in [0.1, 0.15) is 6.54 Å². The fourth-order valence-corrected chi connectivity index (χ4v) is 2.02. The van der Waals surface area contributed by atoms with Gasteiger partial charge in [-0.05, 0) is 40.5 Å². The van der Waals surface area contributed by atoms with Crippen LogP contribution >= 0.6 is 15.9 Å². The third-order valence-corrected chi connectivity index (χ3v) is 3.15. The zero-order chi connectivity index (χ0) is 14.7. The number of anilines is 1. The fourth-order valence-electron chi connectivity index (χ4n) is 1.68. The summed E-state index contributed by atoms with van der Waals surface area (Å²) in [7, 11) is 0. The molecule has 0 aliphatic carbocycles. The normalized spacial score (nSPS) is 10.3. The average Bonchev–Trinajstić information content (AvgIpc) is 2.36. The molecule has 0 spiro atoms. The molecule has 1 heterocycles. The molecule has 2 rings (SSSR count). The Morgan fingerprint density at radius 2 is 2.15 bits per heavy atom. The minimum atomic E-state index is -0.627. The molecule has 0 saturated heterocycles. The lowest BCUT2D eigenvalue weighted by molar-refractivity contribution is -0.116. The molecule has 0 unspecified atom stereocenters. The number of carbonyl (C=O) groups is 1. The van der Waals surface area contributed by atoms with Crippen LogP contribution in [0.25, 0.3) is 0 Å². The van der Waals surface area contributed by atoms with E-state index in [4.69, 9.17) is 0 Å². The largest absolute Gasteiger partial charge is 0.328 e. The zero-order valence-corrected chi connectivity index (χ0v) is 12.2. The van der Waals surface area contributed by atoms with Crippen molar-refractivity contribution in [2.45, 2.75) is 13.5 Å². The first-order valence-corrected chi connectivity index (χ1v) is 6.61. The number of hydrogen-bond donors (Lipinski definition) is 2. The highest BCUT2D eigenvalue weighted by Crippen LogP contribution is 2.09. The van der Waals surface area contributed by atoms with Crippen molar-refractivity contribution >= 4 is 27.5 Å². The van der Waals surface area contributed by atoms with E-state index in [1.807, 2.05) is 25.1 Å². The highest BCUT2D eigenvalue weighted by atomic mass is 79.9. The summed E-state index contributed by atoms with van der Waals surface area (Å²) in [6.07, 6.45) is 1.29. The van der Waals surface area contributed by atoms with Crippen LogP contribution in [0, 0.1) is 6.92 Å². The second-order valence-corrected chi connectivity index (χ2v) is 5.14. The van der Waals surface area contributed by atoms with Gasteiger partial charge in [0.15, 0.2) is 0 Å². The minimum absolute atomic E-state index is 0.178. The van der Waals surface area contributed by atoms with Crippen molar-refractivity contribution in [2.24, 2.45) is 0 Å². The van der Waals surface area contributed by atoms with Gasteiger partial charge in [-0.25, -0.2) is 4.79 Å². The van der Waals surface area contributed by atoms with Crippen LogP contribution in [-0.2, 0) is 11.3 Å². The number of hydrogen-bond acceptors (Lipinski definition) is 3. The lowest BCUT2D eigenvalue weighted by Crippen LogP contribution is -2.33. The van der Waals surface area contributed by atoms with Gasteiger partial charge in [0.2, 0.25) is 5.91 Å². The van der Waals surface area contributed by atoms with Gasteiger partial charge in [0, 0.05) is 11.9 Å². The molecule has 0 aliphatic heterocycles. The molecule has 7 heteroatoms. The molecule has 0 bridgehead atoms. The molecule has 6 nitrogen and oxygen atoms in total. The monoisotopic (exact) mass is 337 g/mol. The number of carbonyl (C=O) groups excluding carboxylic acids is 1. The van der Waals surface area contributed by atoms with Crippen molar-refractivity contribution in [3.63, 3.8) is 0 Å². The molecule has 1 aromatic heterocycles. The van der Waals surface area contributed by atoms with Gasteiger partial charge in [-0.1, -0.05) is 12.1 Å². The van der Waals surface area contributed by atoms with E-state index in [0.717, 1.165) is 10.1 Å². The van der Waals surface area contributed by atoms with Gasteiger partial charge < -0.3 is 5.32 Å². The Hall–Kier alpha value is -2.15. The van der Waals surface area contributed by atoms with Gasteiger partial charge in [-0.15, -0.1) is 0 Å². The quantitative estimate of drug-likeness (QED) is 0.883. The van der Waals surface area contributed by atoms with Crippen molar-refractivity contribution in [1.82, 2.24) is 9.55 Å². The standard InChI is InChI=1S/C13H12BrN3O3/c1-8-3-2-4-9(5-8)15-11(18)7-17-6-10(14)12(19)16-13(17)20/h2-6H,7H2,1H3,(H,15,18)(H,16,19,20). The molecule has 0 saturated carbocycles. The van der Waals surface area contributed by atoms with Crippen molar-refractivity contribution in [1.29, 1.82) is 0 Å². The number of nitrogens with one attached hydrogen (secondary N) is 2. The van der Waals surface area contributed by atoms with E-state index in [1.165, 1.54) is 6.20 Å². The molecule has 0 aliphatic rings. The lowest BCUT2D eigenvalue weighted by atomic mass is 10.2. The Balaban J connectivity index is 2.15. The number of nitrogens with zero attached hydrogens (tertiary/aromatic N) is 1. The van der Waals surface area contributed by atoms with E-state index < -0.39 is 11.2 Å². The van der Waals surface area contributed by atoms with Crippen LogP contribution in [0.2, 0.25) is 0 Å². The van der Waals surface area contributed by atoms with Gasteiger partial charge in [-0.3, -0.25) is 19.1 Å². The van der Waals surface area contributed by atoms with Crippen molar-refractivity contribution in [2.75, 3.05) is 5.32 Å². The van der Waals surface area contributed by atoms with Crippen LogP contribution in [0.4, 0.5) is 5.69 Å². The first-order valence-electron chi connectivity index (χ1n) is 5.81. The van der Waals surface area contributed by atoms with E-state index in [2.05, 4.69) is 26.2 Å². The average molecular weight is 338 g/mol. The van der Waals surface area contributed by atoms with Crippen molar-refractivity contribution in [3.8, 4) is 0 Å². The molecule has 2 N–H and O–H groups in total. The number of aromatic nitrogens is 2. The highest BCUT2D eigenvalue weighted by Gasteiger charge is 2.07. The summed E-state index contributed by atoms with van der Waals surface area (Å²) < 4.78 is 1.32. The van der Waals surface area contributed by atoms with E-state index >= 15 is 0 Å². The van der Waals surface area contributed by atoms with Gasteiger partial charge >= 0.3 is 5.69 Å². The van der Waals surface area contributed by atoms with E-state index in [0.29, 0.717) is 5.69 Å². The van der Waals surface area contributed by atoms with Crippen LogP contribution in [-0.4, -0.2) is 15.5 Å². The molecule has 0 atom stereocenters. The second kappa shape index (κ2) is 5.87. The van der Waals surface area contributed by atoms with E-state index in [-0.39, 0.29) is 16.9 Å². The number of aromatic amines is 1. The molecule has 0 radical (unpaired) electrons. The summed E-state index contributed by atoms with van der Waals surface area (Å²) in [6.45, 7) is 1.74. The Morgan fingerprint density at radius 3 is 2.85 bits per heavy atom. The van der Waals surface area contributed by atoms with Gasteiger partial charge in [0.25, 0.3) is 5.56 Å². The van der Waals surface area contributed by atoms with Crippen LogP contribution in [0.5, 0.6) is 0 Å². The summed E-state index contributed by atoms with van der Waals surface area (Å²) in [4.78, 5) is 36.7. The maximum atomic E-state index is 11.9. The summed E-state index contributed by atoms with van der Waals surface area (Å²) in [5.74, 6) is -0.350. The number of halogens is 1. The Bertz CT molecular complexity index is 764. The topological polar surface area (TPSA) is 84.0 Å². The Morgan fingerprint density at radius 1 is 1.40 bits per heavy atom. The summed E-state index contributed by atoms with van der Waals surface area (Å²) in [6, 6.07) is 7.33. The molecule has 2 aromatic rings. The lowest BCUT2D eigenvalue weighted by Gasteiger charge is -2.07. The third kappa shape index (κ3) is 3.45. The van der Waals surface area contributed by atoms with Crippen LogP contribution in [0.15, 0.2) is 44.5 Å². The minimum Gasteiger partial charge on any atom is -0.325 e. The van der Waals surface area contributed by atoms with Crippen molar-refractivity contribution in [3.05, 3.63) is 61.3 Å². The first-order chi connectivity index (χ1) is 9.45. The SMILES string of the molecule is Cc1cccc(NC(=O)Cn2cc(Br)c(=O)[nH]c2=O)c1. The Labute approximate surface area is 122 Å². The zero-order valence-electron chi connectivity index (χ0n) is 10.6. The van der Waals surface area contributed by atoms with Crippen LogP contribution < -0.4 is 16.6 Å². The number of rotatable bonds is 3. The first kappa shape index (κ1) is 14.3. The predicted octanol–water partition coefficient (Wildman–Crippen LogP) is 1.25. The Kier molecular flexibility index (Phi) is 4.19. The molecule has 20 heavy (non-hydrogen) atoms. The number of benzene rings is 1. The van der Waals surface area contributed by atoms with Crippen LogP contribution in [0.1, 0.15) is 5.56 Å². The third-order valence-electron chi connectivity index (χ3n) is 2.58. The fraction of sp³-hybridized carbons (Fsp3) is 0.154. The number of H-pyrrole nitrogens is 1. The predicted molar refractivity (Wildman–Crippen MR) is 78.8 cm³/mol. The van der Waals surface area contributed by atoms with E-state index in [1.54, 1.807) is 6.07 Å². The maximum absolute atomic E-state index is 11.9. The van der Waals surface area contributed by atoms with E-state index in [9.17, 15) is 14.4 Å². The van der Waals surface area contributed by atoms with Crippen LogP contribution in [0.3, 0.4) is 0 Å². The summed E-state index contributed by atoms with van der Waals surface area (Å²) in [5.41, 5.74) is 0.529. The van der Waals surface area contributed by atoms with Gasteiger partial charge in [0.05, 0.1) is 4.47 Å². The van der Waals surface area contributed by atoms with Gasteiger partial charge in [-0.2, -0.15) is 0 Å². The molecular formula is C13H12BrN3O3. The summed E-state index contributed by atoms with van der Waals surface area (Å²) >= 11 is 3.01. The maximum Gasteiger partial charge on any atom is 0.328 e. The molecule has 0 fully saturated rings. The molecule has 104 valence electrons. The summed E-state index contributed by atoms with van der Waals surface area (Å²) in [5, 5.41) is 2.69. The smallest absolute Gasteiger partial charge is 0.325 e. The van der Waals surface area contributed by atoms with Crippen molar-refractivity contribution < 1.29 is 4.79 Å². The number of aryl methyl sites for hydroxylation is 1. The molecule has 1 aromatic carbocycles.